The zero-order chi connectivity index (χ0) is 14.6. The number of nitrogens with zero attached hydrogens (tertiary/aromatic N) is 1. The van der Waals surface area contributed by atoms with Crippen LogP contribution in [0.5, 0.6) is 0 Å². The molecule has 3 amide bonds. The summed E-state index contributed by atoms with van der Waals surface area (Å²) < 4.78 is 0. The quantitative estimate of drug-likeness (QED) is 0.648. The number of nitrogens with two attached hydrogens (primary N) is 1. The molecule has 1 aliphatic carbocycles. The maximum atomic E-state index is 12.3. The number of amides is 3. The highest BCUT2D eigenvalue weighted by Gasteiger charge is 2.32. The fourth-order valence-electron chi connectivity index (χ4n) is 2.40. The van der Waals surface area contributed by atoms with E-state index in [1.807, 2.05) is 13.8 Å². The van der Waals surface area contributed by atoms with Gasteiger partial charge in [0.1, 0.15) is 6.04 Å². The first-order valence-corrected chi connectivity index (χ1v) is 6.84. The molecular formula is C13H25N3O3. The summed E-state index contributed by atoms with van der Waals surface area (Å²) in [4.78, 5) is 25.0. The number of carbonyl (C=O) groups excluding carboxylic acids is 2. The van der Waals surface area contributed by atoms with Gasteiger partial charge in [0.25, 0.3) is 0 Å². The molecule has 0 aliphatic heterocycles. The number of carbonyl (C=O) groups is 2. The number of aliphatic hydroxyl groups is 1. The maximum absolute atomic E-state index is 12.3. The second kappa shape index (κ2) is 6.75. The van der Waals surface area contributed by atoms with E-state index in [1.54, 1.807) is 11.9 Å². The molecule has 1 saturated carbocycles. The fraction of sp³-hybridized carbons (Fsp3) is 0.846. The Morgan fingerprint density at radius 1 is 1.47 bits per heavy atom. The van der Waals surface area contributed by atoms with Crippen LogP contribution in [0.25, 0.3) is 0 Å². The Morgan fingerprint density at radius 2 is 2.05 bits per heavy atom. The van der Waals surface area contributed by atoms with Gasteiger partial charge in [-0.25, -0.2) is 4.79 Å². The number of hydrogen-bond acceptors (Lipinski definition) is 3. The molecule has 1 fully saturated rings. The van der Waals surface area contributed by atoms with Gasteiger partial charge in [-0.05, 0) is 24.7 Å². The molecule has 1 aliphatic rings. The number of aliphatic hydroxyl groups excluding tert-OH is 1. The van der Waals surface area contributed by atoms with Crippen LogP contribution in [0.4, 0.5) is 4.79 Å². The van der Waals surface area contributed by atoms with Crippen LogP contribution in [0.3, 0.4) is 0 Å². The topological polar surface area (TPSA) is 95.7 Å². The Hall–Kier alpha value is -1.30. The van der Waals surface area contributed by atoms with Gasteiger partial charge in [-0.2, -0.15) is 0 Å². The van der Waals surface area contributed by atoms with E-state index in [1.165, 1.54) is 0 Å². The molecule has 0 aromatic carbocycles. The van der Waals surface area contributed by atoms with Crippen LogP contribution in [-0.2, 0) is 4.79 Å². The Kier molecular flexibility index (Phi) is 5.60. The predicted octanol–water partition coefficient (Wildman–Crippen LogP) is 0.299. The Bertz CT molecular complexity index is 329. The summed E-state index contributed by atoms with van der Waals surface area (Å²) >= 11 is 0. The molecule has 0 saturated heterocycles. The molecule has 0 radical (unpaired) electrons. The Balaban J connectivity index is 2.56. The lowest BCUT2D eigenvalue weighted by Crippen LogP contribution is -2.53. The van der Waals surface area contributed by atoms with Gasteiger partial charge >= 0.3 is 6.03 Å². The van der Waals surface area contributed by atoms with Gasteiger partial charge in [0.2, 0.25) is 5.91 Å². The van der Waals surface area contributed by atoms with E-state index < -0.39 is 12.1 Å². The van der Waals surface area contributed by atoms with Crippen LogP contribution in [0.2, 0.25) is 0 Å². The summed E-state index contributed by atoms with van der Waals surface area (Å²) in [5, 5.41) is 11.8. The number of nitrogens with one attached hydrogen (secondary N) is 1. The van der Waals surface area contributed by atoms with Crippen molar-refractivity contribution in [1.82, 2.24) is 10.2 Å². The molecular weight excluding hydrogens is 246 g/mol. The summed E-state index contributed by atoms with van der Waals surface area (Å²) in [6, 6.07) is -1.25. The average Bonchev–Trinajstić information content (AvgIpc) is 2.31. The van der Waals surface area contributed by atoms with Gasteiger partial charge in [-0.3, -0.25) is 4.79 Å². The van der Waals surface area contributed by atoms with Gasteiger partial charge in [-0.15, -0.1) is 0 Å². The second-order valence-corrected chi connectivity index (χ2v) is 5.58. The molecule has 110 valence electrons. The number of urea groups is 1. The van der Waals surface area contributed by atoms with Crippen molar-refractivity contribution in [2.45, 2.75) is 45.3 Å². The van der Waals surface area contributed by atoms with Crippen LogP contribution in [0.1, 0.15) is 33.1 Å². The molecule has 19 heavy (non-hydrogen) atoms. The molecule has 0 heterocycles. The zero-order valence-electron chi connectivity index (χ0n) is 11.9. The van der Waals surface area contributed by atoms with Crippen LogP contribution in [0, 0.1) is 11.8 Å². The van der Waals surface area contributed by atoms with Crippen molar-refractivity contribution in [2.75, 3.05) is 13.6 Å². The summed E-state index contributed by atoms with van der Waals surface area (Å²) in [7, 11) is 1.73. The van der Waals surface area contributed by atoms with E-state index in [2.05, 4.69) is 5.32 Å². The molecule has 0 spiro atoms. The van der Waals surface area contributed by atoms with Crippen molar-refractivity contribution in [3.63, 3.8) is 0 Å². The van der Waals surface area contributed by atoms with Crippen LogP contribution in [0.15, 0.2) is 0 Å². The molecule has 6 nitrogen and oxygen atoms in total. The van der Waals surface area contributed by atoms with Crippen molar-refractivity contribution in [3.8, 4) is 0 Å². The van der Waals surface area contributed by atoms with Crippen molar-refractivity contribution in [3.05, 3.63) is 0 Å². The number of hydrogen-bond donors (Lipinski definition) is 3. The van der Waals surface area contributed by atoms with E-state index in [-0.39, 0.29) is 17.9 Å². The highest BCUT2D eigenvalue weighted by molar-refractivity contribution is 5.86. The van der Waals surface area contributed by atoms with E-state index in [9.17, 15) is 14.7 Å². The highest BCUT2D eigenvalue weighted by atomic mass is 16.3. The third kappa shape index (κ3) is 4.38. The van der Waals surface area contributed by atoms with Gasteiger partial charge in [0.05, 0.1) is 6.10 Å². The number of likely N-dealkylation sites (N-methyl/N-ethyl adjacent to an activating group) is 1. The minimum atomic E-state index is -0.675. The number of rotatable bonds is 6. The molecule has 6 heteroatoms. The zero-order valence-corrected chi connectivity index (χ0v) is 11.9. The lowest BCUT2D eigenvalue weighted by atomic mass is 9.82. The molecule has 0 bridgehead atoms. The van der Waals surface area contributed by atoms with Gasteiger partial charge in [-0.1, -0.05) is 20.3 Å². The number of primary amides is 1. The lowest BCUT2D eigenvalue weighted by molar-refractivity contribution is -0.134. The van der Waals surface area contributed by atoms with E-state index in [0.717, 1.165) is 19.3 Å². The summed E-state index contributed by atoms with van der Waals surface area (Å²) in [6.07, 6.45) is 2.05. The second-order valence-electron chi connectivity index (χ2n) is 5.58. The first-order chi connectivity index (χ1) is 8.85. The van der Waals surface area contributed by atoms with Crippen molar-refractivity contribution >= 4 is 11.9 Å². The Labute approximate surface area is 114 Å². The van der Waals surface area contributed by atoms with Crippen LogP contribution >= 0.6 is 0 Å². The minimum Gasteiger partial charge on any atom is -0.393 e. The third-order valence-corrected chi connectivity index (χ3v) is 3.90. The largest absolute Gasteiger partial charge is 0.393 e. The third-order valence-electron chi connectivity index (χ3n) is 3.90. The molecule has 4 N–H and O–H groups in total. The molecule has 2 atom stereocenters. The van der Waals surface area contributed by atoms with Crippen LogP contribution in [-0.4, -0.2) is 47.7 Å². The minimum absolute atomic E-state index is 0.0365. The fourth-order valence-corrected chi connectivity index (χ4v) is 2.40. The van der Waals surface area contributed by atoms with Crippen molar-refractivity contribution in [2.24, 2.45) is 17.6 Å². The molecule has 0 aromatic heterocycles. The van der Waals surface area contributed by atoms with Gasteiger partial charge in [0, 0.05) is 13.6 Å². The van der Waals surface area contributed by atoms with Gasteiger partial charge < -0.3 is 21.1 Å². The smallest absolute Gasteiger partial charge is 0.312 e. The SMILES string of the molecule is CCC(C)C(NC(N)=O)C(=O)N(C)CC1CC(O)C1. The summed E-state index contributed by atoms with van der Waals surface area (Å²) in [5.41, 5.74) is 5.13. The summed E-state index contributed by atoms with van der Waals surface area (Å²) in [5.74, 6) is 0.277. The first-order valence-electron chi connectivity index (χ1n) is 6.84. The maximum Gasteiger partial charge on any atom is 0.312 e. The van der Waals surface area contributed by atoms with Crippen LogP contribution < -0.4 is 11.1 Å². The summed E-state index contributed by atoms with van der Waals surface area (Å²) in [6.45, 7) is 4.50. The highest BCUT2D eigenvalue weighted by Crippen LogP contribution is 2.27. The monoisotopic (exact) mass is 271 g/mol. The predicted molar refractivity (Wildman–Crippen MR) is 72.3 cm³/mol. The normalized spacial score (nSPS) is 25.1. The molecule has 2 unspecified atom stereocenters. The van der Waals surface area contributed by atoms with Crippen molar-refractivity contribution < 1.29 is 14.7 Å². The van der Waals surface area contributed by atoms with Crippen molar-refractivity contribution in [1.29, 1.82) is 0 Å². The van der Waals surface area contributed by atoms with Gasteiger partial charge in [0.15, 0.2) is 0 Å². The standard InChI is InChI=1S/C13H25N3O3/c1-4-8(2)11(15-13(14)19)12(18)16(3)7-9-5-10(17)6-9/h8-11,17H,4-7H2,1-3H3,(H3,14,15,19). The molecule has 1 rings (SSSR count). The first kappa shape index (κ1) is 15.8. The van der Waals surface area contributed by atoms with E-state index in [0.29, 0.717) is 12.5 Å². The van der Waals surface area contributed by atoms with E-state index in [4.69, 9.17) is 5.73 Å². The molecule has 0 aromatic rings. The average molecular weight is 271 g/mol. The lowest BCUT2D eigenvalue weighted by Gasteiger charge is -2.36. The Morgan fingerprint density at radius 3 is 2.47 bits per heavy atom. The van der Waals surface area contributed by atoms with E-state index >= 15 is 0 Å².